The summed E-state index contributed by atoms with van der Waals surface area (Å²) < 4.78 is 5.22. The Morgan fingerprint density at radius 3 is 2.76 bits per heavy atom. The van der Waals surface area contributed by atoms with E-state index in [0.29, 0.717) is 19.1 Å². The first-order valence-corrected chi connectivity index (χ1v) is 6.79. The fraction of sp³-hybridized carbons (Fsp3) is 0.923. The van der Waals surface area contributed by atoms with Crippen LogP contribution in [0.5, 0.6) is 0 Å². The van der Waals surface area contributed by atoms with Crippen molar-refractivity contribution in [2.45, 2.75) is 38.6 Å². The van der Waals surface area contributed by atoms with Crippen LogP contribution in [-0.4, -0.2) is 31.7 Å². The Hall–Kier alpha value is -0.610. The molecule has 0 aromatic heterocycles. The minimum absolute atomic E-state index is 0.0766. The Labute approximate surface area is 103 Å². The molecule has 2 rings (SSSR count). The minimum atomic E-state index is -0.145. The molecule has 0 bridgehead atoms. The van der Waals surface area contributed by atoms with Crippen LogP contribution in [0.15, 0.2) is 0 Å². The van der Waals surface area contributed by atoms with Crippen molar-refractivity contribution in [1.82, 2.24) is 5.32 Å². The lowest BCUT2D eigenvalue weighted by Gasteiger charge is -2.29. The molecule has 1 heterocycles. The number of hydrogen-bond donors (Lipinski definition) is 2. The predicted octanol–water partition coefficient (Wildman–Crippen LogP) is 0.903. The smallest absolute Gasteiger partial charge is 0.227 e. The second-order valence-electron chi connectivity index (χ2n) is 5.57. The van der Waals surface area contributed by atoms with E-state index in [2.05, 4.69) is 12.2 Å². The monoisotopic (exact) mass is 240 g/mol. The van der Waals surface area contributed by atoms with E-state index >= 15 is 0 Å². The highest BCUT2D eigenvalue weighted by atomic mass is 16.5. The Balaban J connectivity index is 1.75. The summed E-state index contributed by atoms with van der Waals surface area (Å²) in [5.74, 6) is 1.31. The molecule has 4 atom stereocenters. The number of nitrogens with one attached hydrogen (secondary N) is 1. The number of rotatable bonds is 3. The summed E-state index contributed by atoms with van der Waals surface area (Å²) in [6.45, 7) is 4.09. The van der Waals surface area contributed by atoms with Gasteiger partial charge in [-0.15, -0.1) is 0 Å². The molecule has 1 saturated carbocycles. The average Bonchev–Trinajstić information content (AvgIpc) is 2.74. The van der Waals surface area contributed by atoms with Crippen LogP contribution in [0.1, 0.15) is 32.6 Å². The Bertz CT molecular complexity index is 270. The van der Waals surface area contributed by atoms with Gasteiger partial charge in [0.05, 0.1) is 19.1 Å². The van der Waals surface area contributed by atoms with E-state index in [9.17, 15) is 4.79 Å². The summed E-state index contributed by atoms with van der Waals surface area (Å²) in [6.07, 6.45) is 5.19. The van der Waals surface area contributed by atoms with Gasteiger partial charge in [0, 0.05) is 12.6 Å². The van der Waals surface area contributed by atoms with Crippen molar-refractivity contribution in [3.63, 3.8) is 0 Å². The van der Waals surface area contributed by atoms with Crippen molar-refractivity contribution in [2.24, 2.45) is 23.5 Å². The minimum Gasteiger partial charge on any atom is -0.379 e. The van der Waals surface area contributed by atoms with Gasteiger partial charge in [-0.3, -0.25) is 4.79 Å². The van der Waals surface area contributed by atoms with Crippen molar-refractivity contribution in [1.29, 1.82) is 0 Å². The molecular weight excluding hydrogens is 216 g/mol. The lowest BCUT2D eigenvalue weighted by molar-refractivity contribution is -0.125. The van der Waals surface area contributed by atoms with Crippen LogP contribution in [-0.2, 0) is 9.53 Å². The molecule has 0 radical (unpaired) electrons. The molecule has 4 unspecified atom stereocenters. The summed E-state index contributed by atoms with van der Waals surface area (Å²) in [5, 5.41) is 3.06. The zero-order valence-electron chi connectivity index (χ0n) is 10.7. The molecule has 98 valence electrons. The molecule has 1 aliphatic heterocycles. The lowest BCUT2D eigenvalue weighted by Crippen LogP contribution is -2.43. The van der Waals surface area contributed by atoms with Crippen LogP contribution in [0.3, 0.4) is 0 Å². The second kappa shape index (κ2) is 5.83. The maximum Gasteiger partial charge on any atom is 0.227 e. The number of amides is 1. The third-order valence-electron chi connectivity index (χ3n) is 4.29. The van der Waals surface area contributed by atoms with E-state index in [0.717, 1.165) is 12.5 Å². The standard InChI is InChI=1S/C13H24N2O2/c1-9-4-2-3-5-10(9)6-15-13(16)11-7-17-8-12(11)14/h9-12H,2-8,14H2,1H3,(H,15,16). The van der Waals surface area contributed by atoms with Gasteiger partial charge < -0.3 is 15.8 Å². The fourth-order valence-corrected chi connectivity index (χ4v) is 2.90. The molecule has 4 nitrogen and oxygen atoms in total. The number of carbonyl (C=O) groups is 1. The average molecular weight is 240 g/mol. The third-order valence-corrected chi connectivity index (χ3v) is 4.29. The maximum absolute atomic E-state index is 11.9. The molecule has 0 spiro atoms. The normalized spacial score (nSPS) is 38.0. The van der Waals surface area contributed by atoms with Crippen LogP contribution in [0, 0.1) is 17.8 Å². The molecule has 0 aromatic carbocycles. The Morgan fingerprint density at radius 1 is 1.35 bits per heavy atom. The van der Waals surface area contributed by atoms with Crippen molar-refractivity contribution >= 4 is 5.91 Å². The number of carbonyl (C=O) groups excluding carboxylic acids is 1. The van der Waals surface area contributed by atoms with Gasteiger partial charge in [-0.25, -0.2) is 0 Å². The van der Waals surface area contributed by atoms with Crippen molar-refractivity contribution in [3.05, 3.63) is 0 Å². The van der Waals surface area contributed by atoms with E-state index in [1.54, 1.807) is 0 Å². The molecule has 1 saturated heterocycles. The molecule has 3 N–H and O–H groups in total. The highest BCUT2D eigenvalue weighted by Crippen LogP contribution is 2.28. The molecule has 17 heavy (non-hydrogen) atoms. The Morgan fingerprint density at radius 2 is 2.12 bits per heavy atom. The fourth-order valence-electron chi connectivity index (χ4n) is 2.90. The van der Waals surface area contributed by atoms with E-state index in [-0.39, 0.29) is 17.9 Å². The quantitative estimate of drug-likeness (QED) is 0.770. The highest BCUT2D eigenvalue weighted by molar-refractivity contribution is 5.79. The Kier molecular flexibility index (Phi) is 4.40. The van der Waals surface area contributed by atoms with Gasteiger partial charge in [-0.2, -0.15) is 0 Å². The van der Waals surface area contributed by atoms with Crippen molar-refractivity contribution in [2.75, 3.05) is 19.8 Å². The summed E-state index contributed by atoms with van der Waals surface area (Å²) in [5.41, 5.74) is 5.83. The summed E-state index contributed by atoms with van der Waals surface area (Å²) in [6, 6.07) is -0.126. The summed E-state index contributed by atoms with van der Waals surface area (Å²) in [4.78, 5) is 11.9. The van der Waals surface area contributed by atoms with E-state index in [4.69, 9.17) is 10.5 Å². The first kappa shape index (κ1) is 12.8. The third kappa shape index (κ3) is 3.19. The first-order chi connectivity index (χ1) is 8.18. The van der Waals surface area contributed by atoms with Gasteiger partial charge in [-0.05, 0) is 18.3 Å². The van der Waals surface area contributed by atoms with Gasteiger partial charge in [0.2, 0.25) is 5.91 Å². The summed E-state index contributed by atoms with van der Waals surface area (Å²) in [7, 11) is 0. The van der Waals surface area contributed by atoms with Crippen LogP contribution in [0.4, 0.5) is 0 Å². The van der Waals surface area contributed by atoms with Crippen molar-refractivity contribution in [3.8, 4) is 0 Å². The van der Waals surface area contributed by atoms with E-state index < -0.39 is 0 Å². The topological polar surface area (TPSA) is 64.3 Å². The molecule has 4 heteroatoms. The van der Waals surface area contributed by atoms with Crippen LogP contribution < -0.4 is 11.1 Å². The van der Waals surface area contributed by atoms with Gasteiger partial charge >= 0.3 is 0 Å². The van der Waals surface area contributed by atoms with Crippen LogP contribution in [0.2, 0.25) is 0 Å². The maximum atomic E-state index is 11.9. The van der Waals surface area contributed by atoms with E-state index in [1.165, 1.54) is 25.7 Å². The molecule has 1 amide bonds. The van der Waals surface area contributed by atoms with Crippen LogP contribution in [0.25, 0.3) is 0 Å². The van der Waals surface area contributed by atoms with E-state index in [1.807, 2.05) is 0 Å². The zero-order valence-corrected chi connectivity index (χ0v) is 10.7. The van der Waals surface area contributed by atoms with Crippen LogP contribution >= 0.6 is 0 Å². The largest absolute Gasteiger partial charge is 0.379 e. The second-order valence-corrected chi connectivity index (χ2v) is 5.57. The highest BCUT2D eigenvalue weighted by Gasteiger charge is 2.32. The van der Waals surface area contributed by atoms with Gasteiger partial charge in [0.15, 0.2) is 0 Å². The molecule has 1 aliphatic carbocycles. The molecule has 0 aromatic rings. The molecule has 2 aliphatic rings. The number of nitrogens with two attached hydrogens (primary N) is 1. The predicted molar refractivity (Wildman–Crippen MR) is 66.4 cm³/mol. The van der Waals surface area contributed by atoms with Gasteiger partial charge in [0.1, 0.15) is 0 Å². The van der Waals surface area contributed by atoms with Gasteiger partial charge in [0.25, 0.3) is 0 Å². The summed E-state index contributed by atoms with van der Waals surface area (Å²) >= 11 is 0. The van der Waals surface area contributed by atoms with Gasteiger partial charge in [-0.1, -0.05) is 26.2 Å². The lowest BCUT2D eigenvalue weighted by atomic mass is 9.80. The first-order valence-electron chi connectivity index (χ1n) is 6.79. The zero-order chi connectivity index (χ0) is 12.3. The van der Waals surface area contributed by atoms with Crippen molar-refractivity contribution < 1.29 is 9.53 Å². The molecule has 2 fully saturated rings. The number of ether oxygens (including phenoxy) is 1. The number of hydrogen-bond acceptors (Lipinski definition) is 3. The molecular formula is C13H24N2O2. The SMILES string of the molecule is CC1CCCCC1CNC(=O)C1COCC1N.